The third-order valence-corrected chi connectivity index (χ3v) is 2.77. The molecule has 0 saturated heterocycles. The molecular weight excluding hydrogens is 257 g/mol. The van der Waals surface area contributed by atoms with Gasteiger partial charge in [0.05, 0.1) is 25.5 Å². The van der Waals surface area contributed by atoms with Gasteiger partial charge in [0, 0.05) is 18.6 Å². The lowest BCUT2D eigenvalue weighted by atomic mass is 9.96. The number of fused-ring (bicyclic) bond motifs is 1. The molecule has 3 rings (SSSR count). The van der Waals surface area contributed by atoms with Crippen LogP contribution in [0.25, 0.3) is 16.9 Å². The molecule has 0 aromatic carbocycles. The molecule has 0 unspecified atom stereocenters. The van der Waals surface area contributed by atoms with E-state index in [1.807, 2.05) is 0 Å². The summed E-state index contributed by atoms with van der Waals surface area (Å²) in [6.07, 6.45) is 4.92. The standard InChI is InChI=1S/C12H10BN5O2/c1-19-11-7(6-15-12(16-11)20-2)9-5-8(13)10-14-3-4-18(10)17-9/h3-6H,1-2H3. The minimum Gasteiger partial charge on any atom is -0.480 e. The van der Waals surface area contributed by atoms with E-state index in [-0.39, 0.29) is 6.01 Å². The molecule has 0 aliphatic carbocycles. The van der Waals surface area contributed by atoms with E-state index in [1.54, 1.807) is 29.2 Å². The van der Waals surface area contributed by atoms with Crippen LogP contribution in [-0.2, 0) is 0 Å². The fourth-order valence-electron chi connectivity index (χ4n) is 1.85. The molecular formula is C12H10BN5O2. The molecule has 2 radical (unpaired) electrons. The average Bonchev–Trinajstić information content (AvgIpc) is 2.95. The van der Waals surface area contributed by atoms with Crippen LogP contribution in [-0.4, -0.2) is 46.6 Å². The summed E-state index contributed by atoms with van der Waals surface area (Å²) in [6.45, 7) is 0. The summed E-state index contributed by atoms with van der Waals surface area (Å²) in [4.78, 5) is 12.3. The maximum Gasteiger partial charge on any atom is 0.319 e. The van der Waals surface area contributed by atoms with Crippen molar-refractivity contribution >= 4 is 19.0 Å². The smallest absolute Gasteiger partial charge is 0.319 e. The normalized spacial score (nSPS) is 10.7. The molecule has 0 spiro atoms. The highest BCUT2D eigenvalue weighted by Crippen LogP contribution is 2.26. The van der Waals surface area contributed by atoms with Crippen LogP contribution in [0.4, 0.5) is 0 Å². The van der Waals surface area contributed by atoms with Crippen LogP contribution in [0, 0.1) is 0 Å². The van der Waals surface area contributed by atoms with Gasteiger partial charge in [0.1, 0.15) is 13.5 Å². The lowest BCUT2D eigenvalue weighted by Gasteiger charge is -2.09. The summed E-state index contributed by atoms with van der Waals surface area (Å²) in [5, 5.41) is 4.40. The largest absolute Gasteiger partial charge is 0.480 e. The lowest BCUT2D eigenvalue weighted by Crippen LogP contribution is -2.11. The molecule has 3 aromatic rings. The Bertz CT molecular complexity index is 774. The quantitative estimate of drug-likeness (QED) is 0.622. The van der Waals surface area contributed by atoms with E-state index in [1.165, 1.54) is 14.2 Å². The number of ether oxygens (including phenoxy) is 2. The number of aromatic nitrogens is 5. The van der Waals surface area contributed by atoms with Gasteiger partial charge in [0.15, 0.2) is 0 Å². The van der Waals surface area contributed by atoms with Crippen LogP contribution in [0.1, 0.15) is 0 Å². The Hall–Kier alpha value is -2.64. The van der Waals surface area contributed by atoms with Crippen LogP contribution in [0.2, 0.25) is 0 Å². The minimum absolute atomic E-state index is 0.224. The summed E-state index contributed by atoms with van der Waals surface area (Å²) >= 11 is 0. The van der Waals surface area contributed by atoms with E-state index in [9.17, 15) is 0 Å². The van der Waals surface area contributed by atoms with Crippen molar-refractivity contribution in [2.24, 2.45) is 0 Å². The van der Waals surface area contributed by atoms with E-state index >= 15 is 0 Å². The third kappa shape index (κ3) is 1.95. The first-order valence-corrected chi connectivity index (χ1v) is 5.78. The summed E-state index contributed by atoms with van der Waals surface area (Å²) in [7, 11) is 8.96. The first kappa shape index (κ1) is 12.4. The second-order valence-corrected chi connectivity index (χ2v) is 3.96. The average molecular weight is 267 g/mol. The zero-order valence-corrected chi connectivity index (χ0v) is 10.9. The molecule has 7 nitrogen and oxygen atoms in total. The van der Waals surface area contributed by atoms with Crippen LogP contribution < -0.4 is 14.9 Å². The maximum absolute atomic E-state index is 5.96. The second-order valence-electron chi connectivity index (χ2n) is 3.96. The number of nitrogens with zero attached hydrogens (tertiary/aromatic N) is 5. The van der Waals surface area contributed by atoms with Crippen molar-refractivity contribution in [2.45, 2.75) is 0 Å². The molecule has 0 aliphatic heterocycles. The molecule has 98 valence electrons. The Labute approximate surface area is 116 Å². The Balaban J connectivity index is 2.19. The molecule has 0 fully saturated rings. The predicted molar refractivity (Wildman–Crippen MR) is 72.5 cm³/mol. The fourth-order valence-corrected chi connectivity index (χ4v) is 1.85. The molecule has 0 amide bonds. The zero-order valence-electron chi connectivity index (χ0n) is 10.9. The van der Waals surface area contributed by atoms with E-state index in [4.69, 9.17) is 17.3 Å². The summed E-state index contributed by atoms with van der Waals surface area (Å²) in [5.74, 6) is 0.364. The number of hydrogen-bond donors (Lipinski definition) is 0. The van der Waals surface area contributed by atoms with Crippen molar-refractivity contribution < 1.29 is 9.47 Å². The fraction of sp³-hybridized carbons (Fsp3) is 0.167. The molecule has 0 saturated carbocycles. The summed E-state index contributed by atoms with van der Waals surface area (Å²) < 4.78 is 11.8. The van der Waals surface area contributed by atoms with Gasteiger partial charge >= 0.3 is 6.01 Å². The first-order valence-electron chi connectivity index (χ1n) is 5.78. The molecule has 3 heterocycles. The monoisotopic (exact) mass is 267 g/mol. The van der Waals surface area contributed by atoms with E-state index in [0.29, 0.717) is 28.2 Å². The molecule has 3 aromatic heterocycles. The van der Waals surface area contributed by atoms with Crippen LogP contribution in [0.15, 0.2) is 24.7 Å². The lowest BCUT2D eigenvalue weighted by molar-refractivity contribution is 0.353. The van der Waals surface area contributed by atoms with Crippen LogP contribution in [0.5, 0.6) is 11.9 Å². The third-order valence-electron chi connectivity index (χ3n) is 2.77. The molecule has 0 atom stereocenters. The highest BCUT2D eigenvalue weighted by molar-refractivity contribution is 6.36. The summed E-state index contributed by atoms with van der Waals surface area (Å²) in [6, 6.07) is 1.93. The SMILES string of the molecule is [B]c1cc(-c2cnc(OC)nc2OC)nn2ccnc12. The molecule has 0 bridgehead atoms. The summed E-state index contributed by atoms with van der Waals surface area (Å²) in [5.41, 5.74) is 2.32. The Kier molecular flexibility index (Phi) is 2.98. The van der Waals surface area contributed by atoms with Gasteiger partial charge in [-0.15, -0.1) is 0 Å². The van der Waals surface area contributed by atoms with Gasteiger partial charge in [-0.05, 0) is 6.07 Å². The second kappa shape index (κ2) is 4.80. The minimum atomic E-state index is 0.224. The van der Waals surface area contributed by atoms with E-state index < -0.39 is 0 Å². The van der Waals surface area contributed by atoms with Crippen molar-refractivity contribution in [1.29, 1.82) is 0 Å². The van der Waals surface area contributed by atoms with Crippen LogP contribution in [0.3, 0.4) is 0 Å². The molecule has 0 aliphatic rings. The van der Waals surface area contributed by atoms with Gasteiger partial charge in [-0.1, -0.05) is 5.46 Å². The van der Waals surface area contributed by atoms with Gasteiger partial charge in [-0.25, -0.2) is 14.5 Å². The number of hydrogen-bond acceptors (Lipinski definition) is 6. The Morgan fingerprint density at radius 3 is 2.80 bits per heavy atom. The molecule has 20 heavy (non-hydrogen) atoms. The highest BCUT2D eigenvalue weighted by Gasteiger charge is 2.13. The van der Waals surface area contributed by atoms with Crippen molar-refractivity contribution in [3.05, 3.63) is 24.7 Å². The Morgan fingerprint density at radius 2 is 2.05 bits per heavy atom. The number of imidazole rings is 1. The number of methoxy groups -OCH3 is 2. The van der Waals surface area contributed by atoms with Gasteiger partial charge in [0.25, 0.3) is 0 Å². The van der Waals surface area contributed by atoms with Gasteiger partial charge in [0.2, 0.25) is 5.88 Å². The van der Waals surface area contributed by atoms with Crippen molar-refractivity contribution in [2.75, 3.05) is 14.2 Å². The molecule has 0 N–H and O–H groups in total. The van der Waals surface area contributed by atoms with E-state index in [2.05, 4.69) is 20.1 Å². The van der Waals surface area contributed by atoms with Crippen LogP contribution >= 0.6 is 0 Å². The predicted octanol–water partition coefficient (Wildman–Crippen LogP) is -0.00270. The number of rotatable bonds is 3. The van der Waals surface area contributed by atoms with Gasteiger partial charge in [-0.2, -0.15) is 10.1 Å². The van der Waals surface area contributed by atoms with Crippen molar-refractivity contribution in [3.8, 4) is 23.1 Å². The maximum atomic E-state index is 5.96. The zero-order chi connectivity index (χ0) is 14.1. The highest BCUT2D eigenvalue weighted by atomic mass is 16.5. The van der Waals surface area contributed by atoms with Gasteiger partial charge in [-0.3, -0.25) is 0 Å². The molecule has 8 heteroatoms. The topological polar surface area (TPSA) is 74.4 Å². The van der Waals surface area contributed by atoms with E-state index in [0.717, 1.165) is 0 Å². The first-order chi connectivity index (χ1) is 9.72. The van der Waals surface area contributed by atoms with Crippen molar-refractivity contribution in [3.63, 3.8) is 0 Å². The van der Waals surface area contributed by atoms with Gasteiger partial charge < -0.3 is 9.47 Å². The van der Waals surface area contributed by atoms with Crippen molar-refractivity contribution in [1.82, 2.24) is 24.6 Å². The Morgan fingerprint density at radius 1 is 1.20 bits per heavy atom.